The van der Waals surface area contributed by atoms with Crippen LogP contribution in [0.2, 0.25) is 0 Å². The Morgan fingerprint density at radius 2 is 1.71 bits per heavy atom. The Morgan fingerprint density at radius 3 is 1.93 bits per heavy atom. The van der Waals surface area contributed by atoms with Gasteiger partial charge in [-0.2, -0.15) is 0 Å². The fourth-order valence-electron chi connectivity index (χ4n) is 1.66. The van der Waals surface area contributed by atoms with Crippen LogP contribution in [0.5, 0.6) is 0 Å². The number of nitrogens with zero attached hydrogens (tertiary/aromatic N) is 1. The summed E-state index contributed by atoms with van der Waals surface area (Å²) in [6, 6.07) is 0. The van der Waals surface area contributed by atoms with Gasteiger partial charge in [-0.1, -0.05) is 13.8 Å². The van der Waals surface area contributed by atoms with E-state index in [1.165, 1.54) is 11.8 Å². The van der Waals surface area contributed by atoms with Gasteiger partial charge in [-0.05, 0) is 26.2 Å². The number of ketones is 1. The highest BCUT2D eigenvalue weighted by molar-refractivity contribution is 5.90. The lowest BCUT2D eigenvalue weighted by atomic mass is 9.86. The molecule has 0 aliphatic rings. The molecule has 0 aromatic carbocycles. The molecule has 82 valence electrons. The number of carbonyl (C=O) groups excluding carboxylic acids is 2. The minimum Gasteiger partial charge on any atom is -0.334 e. The first-order chi connectivity index (χ1) is 6.21. The zero-order valence-corrected chi connectivity index (χ0v) is 10.0. The van der Waals surface area contributed by atoms with Gasteiger partial charge in [-0.15, -0.1) is 0 Å². The Balaban J connectivity index is 4.89. The van der Waals surface area contributed by atoms with Crippen molar-refractivity contribution in [3.05, 3.63) is 0 Å². The van der Waals surface area contributed by atoms with E-state index in [1.807, 2.05) is 6.92 Å². The second-order valence-electron chi connectivity index (χ2n) is 4.51. The highest BCUT2D eigenvalue weighted by atomic mass is 16.2. The van der Waals surface area contributed by atoms with Crippen LogP contribution < -0.4 is 0 Å². The molecule has 0 aliphatic heterocycles. The van der Waals surface area contributed by atoms with Crippen LogP contribution in [0.3, 0.4) is 0 Å². The zero-order valence-electron chi connectivity index (χ0n) is 10.0. The Hall–Kier alpha value is -0.860. The molecular formula is C11H21NO2. The van der Waals surface area contributed by atoms with Gasteiger partial charge in [-0.25, -0.2) is 0 Å². The van der Waals surface area contributed by atoms with E-state index in [9.17, 15) is 9.59 Å². The Bertz CT molecular complexity index is 235. The number of Topliss-reactive ketones (excluding diaryl/α,β-unsaturated/α-hetero) is 1. The van der Waals surface area contributed by atoms with E-state index in [0.29, 0.717) is 12.3 Å². The van der Waals surface area contributed by atoms with Crippen molar-refractivity contribution < 1.29 is 9.59 Å². The fraction of sp³-hybridized carbons (Fsp3) is 0.818. The topological polar surface area (TPSA) is 37.4 Å². The van der Waals surface area contributed by atoms with E-state index in [4.69, 9.17) is 0 Å². The highest BCUT2D eigenvalue weighted by Crippen LogP contribution is 2.24. The van der Waals surface area contributed by atoms with E-state index >= 15 is 0 Å². The van der Waals surface area contributed by atoms with Crippen LogP contribution in [0.4, 0.5) is 0 Å². The quantitative estimate of drug-likeness (QED) is 0.693. The summed E-state index contributed by atoms with van der Waals surface area (Å²) in [5.74, 6) is 0.373. The molecule has 3 heteroatoms. The first kappa shape index (κ1) is 13.1. The fourth-order valence-corrected chi connectivity index (χ4v) is 1.66. The maximum Gasteiger partial charge on any atom is 0.220 e. The molecule has 0 spiro atoms. The van der Waals surface area contributed by atoms with Crippen molar-refractivity contribution in [2.24, 2.45) is 5.92 Å². The van der Waals surface area contributed by atoms with Crippen LogP contribution in [0.25, 0.3) is 0 Å². The van der Waals surface area contributed by atoms with Crippen molar-refractivity contribution in [1.82, 2.24) is 4.90 Å². The van der Waals surface area contributed by atoms with Crippen molar-refractivity contribution in [2.75, 3.05) is 7.05 Å². The number of likely N-dealkylation sites (N-methyl/N-ethyl adjacent to an activating group) is 1. The Kier molecular flexibility index (Phi) is 4.30. The summed E-state index contributed by atoms with van der Waals surface area (Å²) in [5, 5.41) is 0. The molecule has 0 heterocycles. The molecule has 0 radical (unpaired) electrons. The average Bonchev–Trinajstić information content (AvgIpc) is 2.00. The molecule has 0 aliphatic carbocycles. The van der Waals surface area contributed by atoms with Gasteiger partial charge in [0.05, 0.1) is 5.54 Å². The van der Waals surface area contributed by atoms with Crippen molar-refractivity contribution >= 4 is 11.7 Å². The van der Waals surface area contributed by atoms with Crippen molar-refractivity contribution in [3.63, 3.8) is 0 Å². The van der Waals surface area contributed by atoms with Gasteiger partial charge >= 0.3 is 0 Å². The van der Waals surface area contributed by atoms with E-state index in [1.54, 1.807) is 14.0 Å². The maximum absolute atomic E-state index is 11.6. The van der Waals surface area contributed by atoms with Crippen LogP contribution in [0, 0.1) is 5.92 Å². The molecule has 0 rings (SSSR count). The first-order valence-electron chi connectivity index (χ1n) is 4.97. The summed E-state index contributed by atoms with van der Waals surface area (Å²) in [5.41, 5.74) is -0.653. The minimum absolute atomic E-state index is 0.0453. The van der Waals surface area contributed by atoms with E-state index in [0.717, 1.165) is 0 Å². The lowest BCUT2D eigenvalue weighted by Crippen LogP contribution is -2.52. The summed E-state index contributed by atoms with van der Waals surface area (Å²) in [6.45, 7) is 8.96. The molecule has 3 nitrogen and oxygen atoms in total. The number of rotatable bonds is 4. The molecular weight excluding hydrogens is 178 g/mol. The van der Waals surface area contributed by atoms with Gasteiger partial charge in [0, 0.05) is 14.0 Å². The molecule has 14 heavy (non-hydrogen) atoms. The first-order valence-corrected chi connectivity index (χ1v) is 4.97. The second-order valence-corrected chi connectivity index (χ2v) is 4.51. The summed E-state index contributed by atoms with van der Waals surface area (Å²) >= 11 is 0. The Morgan fingerprint density at radius 1 is 1.29 bits per heavy atom. The number of hydrogen-bond acceptors (Lipinski definition) is 2. The van der Waals surface area contributed by atoms with Gasteiger partial charge in [0.1, 0.15) is 0 Å². The lowest BCUT2D eigenvalue weighted by Gasteiger charge is -2.37. The average molecular weight is 199 g/mol. The van der Waals surface area contributed by atoms with Crippen molar-refractivity contribution in [3.8, 4) is 0 Å². The summed E-state index contributed by atoms with van der Waals surface area (Å²) in [4.78, 5) is 24.3. The Labute approximate surface area is 86.5 Å². The molecule has 1 atom stereocenters. The maximum atomic E-state index is 11.6. The number of hydrogen-bond donors (Lipinski definition) is 0. The smallest absolute Gasteiger partial charge is 0.220 e. The number of amides is 1. The molecule has 0 saturated heterocycles. The van der Waals surface area contributed by atoms with Crippen LogP contribution >= 0.6 is 0 Å². The lowest BCUT2D eigenvalue weighted by molar-refractivity contribution is -0.142. The van der Waals surface area contributed by atoms with E-state index in [2.05, 4.69) is 13.8 Å². The van der Waals surface area contributed by atoms with Gasteiger partial charge < -0.3 is 4.90 Å². The zero-order chi connectivity index (χ0) is 11.5. The van der Waals surface area contributed by atoms with E-state index < -0.39 is 5.54 Å². The van der Waals surface area contributed by atoms with Gasteiger partial charge in [0.25, 0.3) is 0 Å². The van der Waals surface area contributed by atoms with Crippen molar-refractivity contribution in [2.45, 2.75) is 46.6 Å². The van der Waals surface area contributed by atoms with E-state index in [-0.39, 0.29) is 11.7 Å². The standard InChI is InChI=1S/C11H21NO2/c1-8(2)7-11(5,9(3)13)12(6)10(4)14/h8H,7H2,1-6H3/t11-/m1/s1. The van der Waals surface area contributed by atoms with Crippen LogP contribution in [-0.2, 0) is 9.59 Å². The third-order valence-electron chi connectivity index (χ3n) is 2.78. The number of carbonyl (C=O) groups is 2. The summed E-state index contributed by atoms with van der Waals surface area (Å²) in [7, 11) is 1.69. The van der Waals surface area contributed by atoms with Crippen LogP contribution in [0.15, 0.2) is 0 Å². The molecule has 0 bridgehead atoms. The largest absolute Gasteiger partial charge is 0.334 e. The monoisotopic (exact) mass is 199 g/mol. The second kappa shape index (κ2) is 4.58. The molecule has 1 amide bonds. The summed E-state index contributed by atoms with van der Waals surface area (Å²) in [6.07, 6.45) is 0.707. The predicted octanol–water partition coefficient (Wildman–Crippen LogP) is 1.86. The van der Waals surface area contributed by atoms with Crippen molar-refractivity contribution in [1.29, 1.82) is 0 Å². The molecule has 0 N–H and O–H groups in total. The predicted molar refractivity (Wildman–Crippen MR) is 57.0 cm³/mol. The molecule has 0 aromatic rings. The normalized spacial score (nSPS) is 15.1. The highest BCUT2D eigenvalue weighted by Gasteiger charge is 2.36. The minimum atomic E-state index is -0.653. The molecule has 0 fully saturated rings. The van der Waals surface area contributed by atoms with Gasteiger partial charge in [0.15, 0.2) is 5.78 Å². The SMILES string of the molecule is CC(=O)N(C)[C@](C)(CC(C)C)C(C)=O. The third kappa shape index (κ3) is 2.82. The molecule has 0 unspecified atom stereocenters. The molecule has 0 saturated carbocycles. The third-order valence-corrected chi connectivity index (χ3v) is 2.78. The summed E-state index contributed by atoms with van der Waals surface area (Å²) < 4.78 is 0. The molecule has 0 aromatic heterocycles. The van der Waals surface area contributed by atoms with Gasteiger partial charge in [-0.3, -0.25) is 9.59 Å². The van der Waals surface area contributed by atoms with Crippen LogP contribution in [0.1, 0.15) is 41.0 Å². The van der Waals surface area contributed by atoms with Gasteiger partial charge in [0.2, 0.25) is 5.91 Å². The van der Waals surface area contributed by atoms with Crippen LogP contribution in [-0.4, -0.2) is 29.2 Å².